The second kappa shape index (κ2) is 24.1. The van der Waals surface area contributed by atoms with Gasteiger partial charge in [-0.05, 0) is 40.0 Å². The minimum absolute atomic E-state index is 0.0104. The average molecular weight is 569 g/mol. The molecule has 5 atom stereocenters. The first-order valence-electron chi connectivity index (χ1n) is 12.4. The third kappa shape index (κ3) is 22.1. The maximum Gasteiger partial charge on any atom is 0.475 e. The Labute approximate surface area is 217 Å². The van der Waals surface area contributed by atoms with Gasteiger partial charge in [-0.25, -0.2) is 9.13 Å². The molecule has 5 unspecified atom stereocenters. The van der Waals surface area contributed by atoms with Crippen molar-refractivity contribution in [1.82, 2.24) is 0 Å². The van der Waals surface area contributed by atoms with Crippen molar-refractivity contribution >= 4 is 15.6 Å². The fourth-order valence-corrected chi connectivity index (χ4v) is 4.78. The Morgan fingerprint density at radius 1 is 0.667 bits per heavy atom. The summed E-state index contributed by atoms with van der Waals surface area (Å²) < 4.78 is 70.4. The Hall–Kier alpha value is 0.0600. The molecule has 0 heterocycles. The molecule has 0 aliphatic rings. The number of methoxy groups -OCH3 is 2. The minimum atomic E-state index is -3.65. The predicted octanol–water partition coefficient (Wildman–Crippen LogP) is 4.99. The Bertz CT molecular complexity index is 581. The highest BCUT2D eigenvalue weighted by atomic mass is 31.2. The maximum atomic E-state index is 12.2. The lowest BCUT2D eigenvalue weighted by Crippen LogP contribution is -2.17. The van der Waals surface area contributed by atoms with Gasteiger partial charge in [0.15, 0.2) is 0 Å². The van der Waals surface area contributed by atoms with Crippen LogP contribution in [0.15, 0.2) is 0 Å². The summed E-state index contributed by atoms with van der Waals surface area (Å²) in [4.78, 5) is 0. The van der Waals surface area contributed by atoms with E-state index in [-0.39, 0.29) is 51.3 Å². The molecule has 0 saturated heterocycles. The third-order valence-corrected chi connectivity index (χ3v) is 7.56. The molecule has 12 nitrogen and oxygen atoms in total. The van der Waals surface area contributed by atoms with Crippen molar-refractivity contribution in [2.45, 2.75) is 79.1 Å². The van der Waals surface area contributed by atoms with Crippen LogP contribution in [0.3, 0.4) is 0 Å². The Morgan fingerprint density at radius 3 is 1.56 bits per heavy atom. The molecule has 0 aromatic heterocycles. The van der Waals surface area contributed by atoms with Crippen LogP contribution < -0.4 is 0 Å². The lowest BCUT2D eigenvalue weighted by molar-refractivity contribution is 0.000828. The van der Waals surface area contributed by atoms with E-state index in [1.807, 2.05) is 34.6 Å². The standard InChI is InChI=1S/C12H27O7P.C10H23O5P/c1-5-11(2)19-20(14,17-7-6-13)18-9-8-16-10-12(3)15-4;1-5-7-13-16(11,14-9-8-12-4)15-10(3)6-2/h11-13H,5-10H2,1-4H3;10H,5-9H2,1-4H3. The largest absolute Gasteiger partial charge is 0.475 e. The van der Waals surface area contributed by atoms with Gasteiger partial charge in [-0.2, -0.15) is 0 Å². The van der Waals surface area contributed by atoms with E-state index in [9.17, 15) is 9.13 Å². The summed E-state index contributed by atoms with van der Waals surface area (Å²) in [5.41, 5.74) is 0. The zero-order chi connectivity index (χ0) is 27.9. The van der Waals surface area contributed by atoms with E-state index in [0.717, 1.165) is 12.8 Å². The van der Waals surface area contributed by atoms with Gasteiger partial charge in [-0.1, -0.05) is 20.8 Å². The summed E-state index contributed by atoms with van der Waals surface area (Å²) in [5.74, 6) is 0. The van der Waals surface area contributed by atoms with Gasteiger partial charge in [0.1, 0.15) is 0 Å². The van der Waals surface area contributed by atoms with Crippen molar-refractivity contribution in [3.63, 3.8) is 0 Å². The van der Waals surface area contributed by atoms with E-state index in [0.29, 0.717) is 26.2 Å². The molecule has 0 aromatic rings. The van der Waals surface area contributed by atoms with Gasteiger partial charge >= 0.3 is 15.6 Å². The Kier molecular flexibility index (Phi) is 25.6. The van der Waals surface area contributed by atoms with Crippen LogP contribution >= 0.6 is 15.6 Å². The van der Waals surface area contributed by atoms with Gasteiger partial charge in [0.25, 0.3) is 0 Å². The van der Waals surface area contributed by atoms with Crippen molar-refractivity contribution in [1.29, 1.82) is 0 Å². The number of phosphoric ester groups is 2. The molecule has 14 heteroatoms. The van der Waals surface area contributed by atoms with Gasteiger partial charge in [0.05, 0.1) is 71.2 Å². The van der Waals surface area contributed by atoms with E-state index < -0.39 is 15.6 Å². The number of hydrogen-bond acceptors (Lipinski definition) is 12. The topological polar surface area (TPSA) is 137 Å². The molecule has 0 rings (SSSR count). The van der Waals surface area contributed by atoms with E-state index in [4.69, 9.17) is 46.5 Å². The molecule has 0 fully saturated rings. The van der Waals surface area contributed by atoms with Crippen molar-refractivity contribution < 1.29 is 55.6 Å². The summed E-state index contributed by atoms with van der Waals surface area (Å²) in [5, 5.41) is 8.72. The summed E-state index contributed by atoms with van der Waals surface area (Å²) in [7, 11) is -3.92. The highest BCUT2D eigenvalue weighted by Gasteiger charge is 2.29. The lowest BCUT2D eigenvalue weighted by Gasteiger charge is -2.21. The number of phosphoric acid groups is 2. The molecule has 0 aliphatic carbocycles. The summed E-state index contributed by atoms with van der Waals surface area (Å²) in [6, 6.07) is 0. The van der Waals surface area contributed by atoms with Crippen molar-refractivity contribution in [3.05, 3.63) is 0 Å². The second-order valence-electron chi connectivity index (χ2n) is 7.71. The van der Waals surface area contributed by atoms with Crippen molar-refractivity contribution in [3.8, 4) is 0 Å². The monoisotopic (exact) mass is 568 g/mol. The van der Waals surface area contributed by atoms with Crippen molar-refractivity contribution in [2.75, 3.05) is 67.1 Å². The first-order valence-corrected chi connectivity index (χ1v) is 15.3. The highest BCUT2D eigenvalue weighted by molar-refractivity contribution is 7.48. The van der Waals surface area contributed by atoms with Crippen LogP contribution in [0, 0.1) is 0 Å². The van der Waals surface area contributed by atoms with Crippen LogP contribution in [0.25, 0.3) is 0 Å². The van der Waals surface area contributed by atoms with Crippen LogP contribution in [0.4, 0.5) is 0 Å². The fraction of sp³-hybridized carbons (Fsp3) is 1.00. The fourth-order valence-electron chi connectivity index (χ4n) is 1.90. The molecule has 0 bridgehead atoms. The van der Waals surface area contributed by atoms with Gasteiger partial charge in [0, 0.05) is 14.2 Å². The molecule has 36 heavy (non-hydrogen) atoms. The first-order chi connectivity index (χ1) is 17.0. The molecule has 0 saturated carbocycles. The van der Waals surface area contributed by atoms with Crippen LogP contribution in [0.1, 0.15) is 60.8 Å². The van der Waals surface area contributed by atoms with E-state index >= 15 is 0 Å². The molecule has 0 aliphatic heterocycles. The van der Waals surface area contributed by atoms with Gasteiger partial charge < -0.3 is 19.3 Å². The van der Waals surface area contributed by atoms with Crippen LogP contribution in [0.5, 0.6) is 0 Å². The van der Waals surface area contributed by atoms with Crippen molar-refractivity contribution in [2.24, 2.45) is 0 Å². The average Bonchev–Trinajstić information content (AvgIpc) is 2.86. The molecule has 0 aromatic carbocycles. The maximum absolute atomic E-state index is 12.2. The summed E-state index contributed by atoms with van der Waals surface area (Å²) in [6.45, 7) is 12.6. The Morgan fingerprint density at radius 2 is 1.14 bits per heavy atom. The zero-order valence-corrected chi connectivity index (χ0v) is 25.1. The Balaban J connectivity index is 0. The van der Waals surface area contributed by atoms with Gasteiger partial charge in [0.2, 0.25) is 0 Å². The van der Waals surface area contributed by atoms with Gasteiger partial charge in [-0.15, -0.1) is 0 Å². The van der Waals surface area contributed by atoms with Crippen LogP contribution in [0.2, 0.25) is 0 Å². The molecular weight excluding hydrogens is 518 g/mol. The van der Waals surface area contributed by atoms with Crippen LogP contribution in [-0.2, 0) is 50.5 Å². The normalized spacial score (nSPS) is 17.4. The SMILES string of the molecule is CCC(C)OP(=O)(OCCO)OCCOCC(C)OC.CCCOP(=O)(OCCOC)OC(C)CC. The minimum Gasteiger partial charge on any atom is -0.394 e. The summed E-state index contributed by atoms with van der Waals surface area (Å²) in [6.07, 6.45) is 1.79. The number of ether oxygens (including phenoxy) is 3. The molecule has 0 spiro atoms. The second-order valence-corrected chi connectivity index (χ2v) is 11.0. The molecule has 0 amide bonds. The molecule has 220 valence electrons. The number of aliphatic hydroxyl groups excluding tert-OH is 1. The third-order valence-electron chi connectivity index (χ3n) is 4.33. The van der Waals surface area contributed by atoms with E-state index in [1.54, 1.807) is 21.1 Å². The smallest absolute Gasteiger partial charge is 0.394 e. The van der Waals surface area contributed by atoms with E-state index in [2.05, 4.69) is 0 Å². The number of hydrogen-bond donors (Lipinski definition) is 1. The lowest BCUT2D eigenvalue weighted by atomic mass is 10.3. The van der Waals surface area contributed by atoms with E-state index in [1.165, 1.54) is 0 Å². The zero-order valence-electron chi connectivity index (χ0n) is 23.3. The molecule has 0 radical (unpaired) electrons. The number of aliphatic hydroxyl groups is 1. The quantitative estimate of drug-likeness (QED) is 0.131. The molecule has 1 N–H and O–H groups in total. The number of rotatable bonds is 23. The molecular formula is C22H50O12P2. The predicted molar refractivity (Wildman–Crippen MR) is 137 cm³/mol. The highest BCUT2D eigenvalue weighted by Crippen LogP contribution is 2.51. The van der Waals surface area contributed by atoms with Crippen LogP contribution in [-0.4, -0.2) is 90.5 Å². The summed E-state index contributed by atoms with van der Waals surface area (Å²) >= 11 is 0. The van der Waals surface area contributed by atoms with Gasteiger partial charge in [-0.3, -0.25) is 27.1 Å². The first kappa shape index (κ1) is 38.2.